The number of benzene rings is 1. The van der Waals surface area contributed by atoms with Gasteiger partial charge in [-0.05, 0) is 36.0 Å². The summed E-state index contributed by atoms with van der Waals surface area (Å²) in [5.41, 5.74) is 0.959. The number of methoxy groups -OCH3 is 1. The Morgan fingerprint density at radius 2 is 2.10 bits per heavy atom. The second-order valence-electron chi connectivity index (χ2n) is 5.29. The molecule has 6 nitrogen and oxygen atoms in total. The van der Waals surface area contributed by atoms with Crippen molar-refractivity contribution in [1.29, 1.82) is 0 Å². The lowest BCUT2D eigenvalue weighted by atomic mass is 9.77. The highest BCUT2D eigenvalue weighted by molar-refractivity contribution is 6.59. The zero-order chi connectivity index (χ0) is 15.0. The minimum Gasteiger partial charge on any atom is -0.497 e. The van der Waals surface area contributed by atoms with Crippen molar-refractivity contribution in [3.63, 3.8) is 0 Å². The fourth-order valence-corrected chi connectivity index (χ4v) is 2.46. The van der Waals surface area contributed by atoms with Crippen LogP contribution < -0.4 is 15.9 Å². The molecule has 0 amide bonds. The van der Waals surface area contributed by atoms with Gasteiger partial charge in [0, 0.05) is 18.4 Å². The molecule has 21 heavy (non-hydrogen) atoms. The van der Waals surface area contributed by atoms with Gasteiger partial charge >= 0.3 is 12.8 Å². The Morgan fingerprint density at radius 3 is 2.71 bits per heavy atom. The number of aromatic nitrogens is 2. The van der Waals surface area contributed by atoms with Crippen molar-refractivity contribution >= 4 is 12.6 Å². The summed E-state index contributed by atoms with van der Waals surface area (Å²) in [5, 5.41) is 18.9. The van der Waals surface area contributed by atoms with Crippen LogP contribution in [0.5, 0.6) is 5.75 Å². The molecular formula is C14H17BN2O4. The fraction of sp³-hybridized carbons (Fsp3) is 0.357. The van der Waals surface area contributed by atoms with Crippen LogP contribution in [0, 0.1) is 0 Å². The summed E-state index contributed by atoms with van der Waals surface area (Å²) in [7, 11) is -0.0312. The van der Waals surface area contributed by atoms with Gasteiger partial charge in [0.15, 0.2) is 0 Å². The summed E-state index contributed by atoms with van der Waals surface area (Å²) in [5.74, 6) is 0.615. The van der Waals surface area contributed by atoms with E-state index in [1.165, 1.54) is 0 Å². The van der Waals surface area contributed by atoms with Crippen LogP contribution in [0.25, 0.3) is 0 Å². The van der Waals surface area contributed by atoms with Crippen molar-refractivity contribution in [3.8, 4) is 5.75 Å². The second kappa shape index (κ2) is 5.42. The number of hydrogen-bond acceptors (Lipinski definition) is 4. The quantitative estimate of drug-likeness (QED) is 0.742. The largest absolute Gasteiger partial charge is 0.497 e. The minimum atomic E-state index is -1.58. The summed E-state index contributed by atoms with van der Waals surface area (Å²) >= 11 is 0. The number of ether oxygens (including phenoxy) is 1. The standard InChI is InChI=1S/C14H17BN2O4/c1-21-12-4-5-13(15(19)20)10(8-12)9-16-6-7-17(14(16)18)11-2-3-11/h4-8,11,19-20H,2-3,9H2,1H3. The highest BCUT2D eigenvalue weighted by Crippen LogP contribution is 2.33. The van der Waals surface area contributed by atoms with E-state index in [-0.39, 0.29) is 12.2 Å². The first-order chi connectivity index (χ1) is 10.1. The van der Waals surface area contributed by atoms with Gasteiger partial charge in [0.1, 0.15) is 5.75 Å². The molecule has 1 aliphatic rings. The first kappa shape index (κ1) is 14.0. The first-order valence-corrected chi connectivity index (χ1v) is 6.90. The van der Waals surface area contributed by atoms with Gasteiger partial charge in [-0.3, -0.25) is 9.13 Å². The summed E-state index contributed by atoms with van der Waals surface area (Å²) in [6.45, 7) is 0.280. The van der Waals surface area contributed by atoms with Crippen molar-refractivity contribution in [2.75, 3.05) is 7.11 Å². The lowest BCUT2D eigenvalue weighted by Crippen LogP contribution is -2.35. The Bertz CT molecular complexity index is 703. The van der Waals surface area contributed by atoms with Gasteiger partial charge in [-0.1, -0.05) is 6.07 Å². The molecular weight excluding hydrogens is 271 g/mol. The van der Waals surface area contributed by atoms with Crippen LogP contribution in [0.2, 0.25) is 0 Å². The van der Waals surface area contributed by atoms with Gasteiger partial charge in [-0.25, -0.2) is 4.79 Å². The first-order valence-electron chi connectivity index (χ1n) is 6.90. The number of nitrogens with zero attached hydrogens (tertiary/aromatic N) is 2. The molecule has 1 aliphatic carbocycles. The molecule has 3 rings (SSSR count). The van der Waals surface area contributed by atoms with Crippen molar-refractivity contribution in [2.45, 2.75) is 25.4 Å². The van der Waals surface area contributed by atoms with Gasteiger partial charge < -0.3 is 14.8 Å². The van der Waals surface area contributed by atoms with Crippen LogP contribution in [0.3, 0.4) is 0 Å². The third kappa shape index (κ3) is 2.75. The maximum absolute atomic E-state index is 12.3. The number of imidazole rings is 1. The average Bonchev–Trinajstić information content (AvgIpc) is 3.25. The molecule has 2 aromatic rings. The number of hydrogen-bond donors (Lipinski definition) is 2. The van der Waals surface area contributed by atoms with E-state index in [1.807, 2.05) is 0 Å². The zero-order valence-electron chi connectivity index (χ0n) is 11.8. The Balaban J connectivity index is 1.94. The average molecular weight is 288 g/mol. The molecule has 0 radical (unpaired) electrons. The Hall–Kier alpha value is -1.99. The highest BCUT2D eigenvalue weighted by Gasteiger charge is 2.26. The molecule has 1 heterocycles. The van der Waals surface area contributed by atoms with Gasteiger partial charge in [-0.15, -0.1) is 0 Å². The molecule has 1 saturated carbocycles. The Kier molecular flexibility index (Phi) is 3.61. The van der Waals surface area contributed by atoms with Crippen molar-refractivity contribution in [2.24, 2.45) is 0 Å². The Labute approximate surface area is 122 Å². The smallest absolute Gasteiger partial charge is 0.488 e. The van der Waals surface area contributed by atoms with E-state index < -0.39 is 7.12 Å². The summed E-state index contributed by atoms with van der Waals surface area (Å²) in [6.07, 6.45) is 5.61. The molecule has 0 unspecified atom stereocenters. The van der Waals surface area contributed by atoms with E-state index in [0.29, 0.717) is 22.8 Å². The van der Waals surface area contributed by atoms with Crippen LogP contribution in [0.4, 0.5) is 0 Å². The predicted molar refractivity (Wildman–Crippen MR) is 78.9 cm³/mol. The van der Waals surface area contributed by atoms with E-state index >= 15 is 0 Å². The molecule has 2 N–H and O–H groups in total. The molecule has 1 fully saturated rings. The molecule has 7 heteroatoms. The van der Waals surface area contributed by atoms with Gasteiger partial charge in [0.05, 0.1) is 13.7 Å². The van der Waals surface area contributed by atoms with Crippen molar-refractivity contribution in [3.05, 3.63) is 46.6 Å². The third-order valence-corrected chi connectivity index (χ3v) is 3.78. The van der Waals surface area contributed by atoms with Crippen LogP contribution in [-0.4, -0.2) is 33.4 Å². The van der Waals surface area contributed by atoms with Crippen LogP contribution in [0.15, 0.2) is 35.4 Å². The topological polar surface area (TPSA) is 76.6 Å². The second-order valence-corrected chi connectivity index (χ2v) is 5.29. The highest BCUT2D eigenvalue weighted by atomic mass is 16.5. The molecule has 1 aromatic heterocycles. The SMILES string of the molecule is COc1ccc(B(O)O)c(Cn2ccn(C3CC3)c2=O)c1. The zero-order valence-corrected chi connectivity index (χ0v) is 11.8. The summed E-state index contributed by atoms with van der Waals surface area (Å²) < 4.78 is 8.45. The maximum atomic E-state index is 12.3. The molecule has 0 bridgehead atoms. The molecule has 1 aromatic carbocycles. The molecule has 0 spiro atoms. The molecule has 0 aliphatic heterocycles. The van der Waals surface area contributed by atoms with E-state index in [2.05, 4.69) is 0 Å². The summed E-state index contributed by atoms with van der Waals surface area (Å²) in [6, 6.07) is 5.31. The van der Waals surface area contributed by atoms with E-state index in [1.54, 1.807) is 46.8 Å². The molecule has 0 saturated heterocycles. The normalized spacial score (nSPS) is 14.2. The van der Waals surface area contributed by atoms with E-state index in [4.69, 9.17) is 4.74 Å². The van der Waals surface area contributed by atoms with Crippen molar-refractivity contribution < 1.29 is 14.8 Å². The predicted octanol–water partition coefficient (Wildman–Crippen LogP) is -0.279. The Morgan fingerprint density at radius 1 is 1.33 bits per heavy atom. The monoisotopic (exact) mass is 288 g/mol. The third-order valence-electron chi connectivity index (χ3n) is 3.78. The summed E-state index contributed by atoms with van der Waals surface area (Å²) in [4.78, 5) is 12.3. The molecule has 0 atom stereocenters. The van der Waals surface area contributed by atoms with Gasteiger partial charge in [0.2, 0.25) is 0 Å². The lowest BCUT2D eigenvalue weighted by Gasteiger charge is -2.11. The van der Waals surface area contributed by atoms with Crippen molar-refractivity contribution in [1.82, 2.24) is 9.13 Å². The maximum Gasteiger partial charge on any atom is 0.488 e. The molecule has 110 valence electrons. The number of rotatable bonds is 5. The van der Waals surface area contributed by atoms with Gasteiger partial charge in [0.25, 0.3) is 0 Å². The fourth-order valence-electron chi connectivity index (χ4n) is 2.46. The van der Waals surface area contributed by atoms with Crippen LogP contribution in [-0.2, 0) is 6.54 Å². The van der Waals surface area contributed by atoms with E-state index in [9.17, 15) is 14.8 Å². The minimum absolute atomic E-state index is 0.0706. The van der Waals surface area contributed by atoms with Crippen LogP contribution >= 0.6 is 0 Å². The van der Waals surface area contributed by atoms with E-state index in [0.717, 1.165) is 12.8 Å². The lowest BCUT2D eigenvalue weighted by molar-refractivity contribution is 0.413. The van der Waals surface area contributed by atoms with Gasteiger partial charge in [-0.2, -0.15) is 0 Å². The van der Waals surface area contributed by atoms with Crippen LogP contribution in [0.1, 0.15) is 24.4 Å².